The first-order chi connectivity index (χ1) is 8.99. The number of hydrogen-bond acceptors (Lipinski definition) is 4. The number of aliphatic carboxylic acids is 1. The summed E-state index contributed by atoms with van der Waals surface area (Å²) in [5, 5.41) is 8.62. The summed E-state index contributed by atoms with van der Waals surface area (Å²) in [5.74, 6) is 1.24. The molecule has 19 heavy (non-hydrogen) atoms. The molecule has 3 N–H and O–H groups in total. The number of carboxylic acids is 1. The molecule has 0 saturated heterocycles. The normalized spacial score (nSPS) is 12.2. The van der Waals surface area contributed by atoms with Gasteiger partial charge < -0.3 is 15.6 Å². The Bertz CT molecular complexity index is 403. The van der Waals surface area contributed by atoms with Crippen LogP contribution >= 0.6 is 11.8 Å². The molecule has 0 aliphatic carbocycles. The fourth-order valence-electron chi connectivity index (χ4n) is 1.65. The van der Waals surface area contributed by atoms with Crippen molar-refractivity contribution in [2.75, 3.05) is 18.1 Å². The first-order valence-corrected chi connectivity index (χ1v) is 7.41. The van der Waals surface area contributed by atoms with Gasteiger partial charge >= 0.3 is 5.97 Å². The van der Waals surface area contributed by atoms with E-state index in [0.29, 0.717) is 12.4 Å². The molecular formula is C14H21NO3S. The lowest BCUT2D eigenvalue weighted by Crippen LogP contribution is -2.32. The molecule has 106 valence electrons. The van der Waals surface area contributed by atoms with E-state index in [1.807, 2.05) is 26.0 Å². The third-order valence-corrected chi connectivity index (χ3v) is 3.68. The maximum atomic E-state index is 10.5. The minimum absolute atomic E-state index is 0.443. The zero-order chi connectivity index (χ0) is 14.3. The topological polar surface area (TPSA) is 72.5 Å². The van der Waals surface area contributed by atoms with Crippen molar-refractivity contribution < 1.29 is 14.6 Å². The highest BCUT2D eigenvalue weighted by Gasteiger charge is 2.10. The van der Waals surface area contributed by atoms with Crippen molar-refractivity contribution in [1.82, 2.24) is 0 Å². The molecule has 0 bridgehead atoms. The summed E-state index contributed by atoms with van der Waals surface area (Å²) in [6.45, 7) is 4.73. The van der Waals surface area contributed by atoms with E-state index in [2.05, 4.69) is 6.07 Å². The van der Waals surface area contributed by atoms with Gasteiger partial charge in [0.1, 0.15) is 11.8 Å². The van der Waals surface area contributed by atoms with Crippen LogP contribution in [-0.2, 0) is 4.79 Å². The highest BCUT2D eigenvalue weighted by atomic mass is 32.2. The number of carboxylic acid groups (broad SMARTS) is 1. The summed E-state index contributed by atoms with van der Waals surface area (Å²) in [6, 6.07) is 5.36. The second-order valence-corrected chi connectivity index (χ2v) is 5.69. The smallest absolute Gasteiger partial charge is 0.321 e. The standard InChI is InChI=1S/C14H21NO3S/c1-10-6-11(2)8-12(7-10)18-4-3-5-19-9-13(15)14(16)17/h6-8,13H,3-5,9,15H2,1-2H3,(H,16,17). The first-order valence-electron chi connectivity index (χ1n) is 6.26. The van der Waals surface area contributed by atoms with Crippen molar-refractivity contribution >= 4 is 17.7 Å². The molecule has 1 aromatic rings. The molecule has 1 rings (SSSR count). The number of rotatable bonds is 8. The van der Waals surface area contributed by atoms with Crippen molar-refractivity contribution in [3.8, 4) is 5.75 Å². The summed E-state index contributed by atoms with van der Waals surface area (Å²) in [6.07, 6.45) is 0.879. The summed E-state index contributed by atoms with van der Waals surface area (Å²) >= 11 is 1.55. The van der Waals surface area contributed by atoms with Crippen molar-refractivity contribution in [2.45, 2.75) is 26.3 Å². The van der Waals surface area contributed by atoms with Crippen LogP contribution in [-0.4, -0.2) is 35.2 Å². The first kappa shape index (κ1) is 15.9. The van der Waals surface area contributed by atoms with Crippen LogP contribution in [0.3, 0.4) is 0 Å². The quantitative estimate of drug-likeness (QED) is 0.716. The van der Waals surface area contributed by atoms with Gasteiger partial charge in [0, 0.05) is 5.75 Å². The zero-order valence-electron chi connectivity index (χ0n) is 11.4. The molecule has 0 aliphatic heterocycles. The predicted molar refractivity (Wildman–Crippen MR) is 79.0 cm³/mol. The molecule has 0 heterocycles. The van der Waals surface area contributed by atoms with E-state index in [9.17, 15) is 4.79 Å². The van der Waals surface area contributed by atoms with Crippen molar-refractivity contribution in [3.63, 3.8) is 0 Å². The monoisotopic (exact) mass is 283 g/mol. The predicted octanol–water partition coefficient (Wildman–Crippen LogP) is 2.22. The van der Waals surface area contributed by atoms with E-state index < -0.39 is 12.0 Å². The summed E-state index contributed by atoms with van der Waals surface area (Å²) < 4.78 is 5.66. The van der Waals surface area contributed by atoms with E-state index >= 15 is 0 Å². The Morgan fingerprint density at radius 1 is 1.37 bits per heavy atom. The van der Waals surface area contributed by atoms with Gasteiger partial charge in [-0.3, -0.25) is 4.79 Å². The Balaban J connectivity index is 2.15. The third kappa shape index (κ3) is 6.50. The van der Waals surface area contributed by atoms with Gasteiger partial charge in [-0.1, -0.05) is 6.07 Å². The molecule has 1 atom stereocenters. The third-order valence-electron chi connectivity index (χ3n) is 2.51. The maximum absolute atomic E-state index is 10.5. The van der Waals surface area contributed by atoms with E-state index in [0.717, 1.165) is 17.9 Å². The SMILES string of the molecule is Cc1cc(C)cc(OCCCSCC(N)C(=O)O)c1. The number of carbonyl (C=O) groups is 1. The van der Waals surface area contributed by atoms with Crippen LogP contribution in [0.15, 0.2) is 18.2 Å². The lowest BCUT2D eigenvalue weighted by Gasteiger charge is -2.09. The maximum Gasteiger partial charge on any atom is 0.321 e. The van der Waals surface area contributed by atoms with E-state index in [4.69, 9.17) is 15.6 Å². The average Bonchev–Trinajstić information content (AvgIpc) is 2.31. The number of hydrogen-bond donors (Lipinski definition) is 2. The van der Waals surface area contributed by atoms with Crippen LogP contribution in [0.25, 0.3) is 0 Å². The largest absolute Gasteiger partial charge is 0.494 e. The average molecular weight is 283 g/mol. The second kappa shape index (κ2) is 8.07. The molecular weight excluding hydrogens is 262 g/mol. The Morgan fingerprint density at radius 2 is 2.00 bits per heavy atom. The fourth-order valence-corrected chi connectivity index (χ4v) is 2.53. The van der Waals surface area contributed by atoms with E-state index in [1.165, 1.54) is 11.1 Å². The van der Waals surface area contributed by atoms with E-state index in [1.54, 1.807) is 11.8 Å². The Labute approximate surface area is 118 Å². The van der Waals surface area contributed by atoms with Gasteiger partial charge in [-0.15, -0.1) is 0 Å². The summed E-state index contributed by atoms with van der Waals surface area (Å²) in [5.41, 5.74) is 7.79. The molecule has 1 aromatic carbocycles. The van der Waals surface area contributed by atoms with Crippen molar-refractivity contribution in [3.05, 3.63) is 29.3 Å². The highest BCUT2D eigenvalue weighted by molar-refractivity contribution is 7.99. The van der Waals surface area contributed by atoms with Gasteiger partial charge in [-0.25, -0.2) is 0 Å². The number of nitrogens with two attached hydrogens (primary N) is 1. The molecule has 1 unspecified atom stereocenters. The number of benzene rings is 1. The van der Waals surface area contributed by atoms with Gasteiger partial charge in [-0.05, 0) is 49.3 Å². The zero-order valence-corrected chi connectivity index (χ0v) is 12.2. The number of aryl methyl sites for hydroxylation is 2. The van der Waals surface area contributed by atoms with E-state index in [-0.39, 0.29) is 0 Å². The number of ether oxygens (including phenoxy) is 1. The molecule has 0 amide bonds. The minimum Gasteiger partial charge on any atom is -0.494 e. The van der Waals surface area contributed by atoms with Crippen LogP contribution in [0.4, 0.5) is 0 Å². The Kier molecular flexibility index (Phi) is 6.73. The Hall–Kier alpha value is -1.20. The van der Waals surface area contributed by atoms with Crippen LogP contribution in [0.1, 0.15) is 17.5 Å². The number of thioether (sulfide) groups is 1. The Morgan fingerprint density at radius 3 is 2.58 bits per heavy atom. The van der Waals surface area contributed by atoms with Gasteiger partial charge in [0.15, 0.2) is 0 Å². The molecule has 4 nitrogen and oxygen atoms in total. The van der Waals surface area contributed by atoms with Crippen LogP contribution in [0.5, 0.6) is 5.75 Å². The molecule has 0 spiro atoms. The highest BCUT2D eigenvalue weighted by Crippen LogP contribution is 2.16. The van der Waals surface area contributed by atoms with Crippen molar-refractivity contribution in [2.24, 2.45) is 5.73 Å². The molecule has 0 fully saturated rings. The van der Waals surface area contributed by atoms with Gasteiger partial charge in [0.2, 0.25) is 0 Å². The minimum atomic E-state index is -0.945. The lowest BCUT2D eigenvalue weighted by atomic mass is 10.1. The molecule has 0 aliphatic rings. The van der Waals surface area contributed by atoms with Gasteiger partial charge in [0.05, 0.1) is 6.61 Å². The molecule has 5 heteroatoms. The lowest BCUT2D eigenvalue weighted by molar-refractivity contribution is -0.137. The second-order valence-electron chi connectivity index (χ2n) is 4.55. The van der Waals surface area contributed by atoms with Gasteiger partial charge in [0.25, 0.3) is 0 Å². The summed E-state index contributed by atoms with van der Waals surface area (Å²) in [4.78, 5) is 10.5. The summed E-state index contributed by atoms with van der Waals surface area (Å²) in [7, 11) is 0. The van der Waals surface area contributed by atoms with Crippen LogP contribution in [0, 0.1) is 13.8 Å². The van der Waals surface area contributed by atoms with Gasteiger partial charge in [-0.2, -0.15) is 11.8 Å². The van der Waals surface area contributed by atoms with Crippen LogP contribution < -0.4 is 10.5 Å². The van der Waals surface area contributed by atoms with Crippen molar-refractivity contribution in [1.29, 1.82) is 0 Å². The molecule has 0 aromatic heterocycles. The molecule has 0 saturated carbocycles. The van der Waals surface area contributed by atoms with Crippen LogP contribution in [0.2, 0.25) is 0 Å². The molecule has 0 radical (unpaired) electrons. The fraction of sp³-hybridized carbons (Fsp3) is 0.500.